The van der Waals surface area contributed by atoms with Gasteiger partial charge >= 0.3 is 11.9 Å². The molecular formula is C34H67NO4. The maximum Gasteiger partial charge on any atom is 0.320 e. The van der Waals surface area contributed by atoms with Crippen LogP contribution in [0.15, 0.2) is 0 Å². The number of carbonyl (C=O) groups excluding carboxylic acids is 2. The lowest BCUT2D eigenvalue weighted by Crippen LogP contribution is -2.34. The second-order valence-corrected chi connectivity index (χ2v) is 11.6. The van der Waals surface area contributed by atoms with Crippen molar-refractivity contribution in [2.24, 2.45) is 0 Å². The summed E-state index contributed by atoms with van der Waals surface area (Å²) in [4.78, 5) is 25.1. The number of ether oxygens (including phenoxy) is 2. The molecule has 5 nitrogen and oxygen atoms in total. The molecule has 0 saturated heterocycles. The van der Waals surface area contributed by atoms with Gasteiger partial charge in [0.25, 0.3) is 0 Å². The van der Waals surface area contributed by atoms with Gasteiger partial charge in [-0.05, 0) is 51.4 Å². The second-order valence-electron chi connectivity index (χ2n) is 11.6. The number of rotatable bonds is 30. The van der Waals surface area contributed by atoms with Crippen LogP contribution in [0.2, 0.25) is 0 Å². The van der Waals surface area contributed by atoms with Crippen LogP contribution in [-0.4, -0.2) is 37.2 Å². The summed E-state index contributed by atoms with van der Waals surface area (Å²) < 4.78 is 11.7. The second kappa shape index (κ2) is 29.9. The molecule has 0 heterocycles. The van der Waals surface area contributed by atoms with Gasteiger partial charge in [-0.25, -0.2) is 0 Å². The van der Waals surface area contributed by atoms with Crippen LogP contribution in [0, 0.1) is 0 Å². The third kappa shape index (κ3) is 26.9. The number of hydrogen-bond acceptors (Lipinski definition) is 5. The van der Waals surface area contributed by atoms with Crippen LogP contribution in [0.25, 0.3) is 0 Å². The summed E-state index contributed by atoms with van der Waals surface area (Å²) in [5, 5.41) is 2.98. The van der Waals surface area contributed by atoms with Gasteiger partial charge in [-0.2, -0.15) is 0 Å². The van der Waals surface area contributed by atoms with Crippen LogP contribution >= 0.6 is 0 Å². The van der Waals surface area contributed by atoms with E-state index < -0.39 is 0 Å². The Morgan fingerprint density at radius 1 is 0.436 bits per heavy atom. The number of hydrogen-bond donors (Lipinski definition) is 1. The lowest BCUT2D eigenvalue weighted by Gasteiger charge is -2.19. The first-order valence-electron chi connectivity index (χ1n) is 17.2. The average Bonchev–Trinajstić information content (AvgIpc) is 2.92. The number of unbranched alkanes of at least 4 members (excludes halogenated alkanes) is 16. The summed E-state index contributed by atoms with van der Waals surface area (Å²) in [6.07, 6.45) is 28.2. The maximum atomic E-state index is 12.5. The van der Waals surface area contributed by atoms with Crippen molar-refractivity contribution in [3.05, 3.63) is 0 Å². The molecule has 0 radical (unpaired) electrons. The highest BCUT2D eigenvalue weighted by molar-refractivity contribution is 5.75. The first kappa shape index (κ1) is 37.9. The Kier molecular flexibility index (Phi) is 29.0. The highest BCUT2D eigenvalue weighted by Gasteiger charge is 2.17. The molecule has 0 aromatic carbocycles. The molecule has 0 unspecified atom stereocenters. The topological polar surface area (TPSA) is 64.6 Å². The fourth-order valence-corrected chi connectivity index (χ4v) is 5.15. The van der Waals surface area contributed by atoms with Crippen molar-refractivity contribution >= 4 is 11.9 Å². The molecule has 0 amide bonds. The minimum Gasteiger partial charge on any atom is -0.461 e. The SMILES string of the molecule is CCCCCCCC(CCCCCCC)OC(=O)CNCC(=O)OC(CCCCCCC)CCCCCCC. The number of esters is 2. The molecule has 5 heteroatoms. The lowest BCUT2D eigenvalue weighted by atomic mass is 10.0. The molecule has 0 spiro atoms. The van der Waals surface area contributed by atoms with E-state index in [2.05, 4.69) is 33.0 Å². The molecule has 0 bridgehead atoms. The minimum absolute atomic E-state index is 0.000647. The molecule has 39 heavy (non-hydrogen) atoms. The molecule has 0 fully saturated rings. The molecule has 0 aromatic heterocycles. The Morgan fingerprint density at radius 3 is 0.949 bits per heavy atom. The Balaban J connectivity index is 4.45. The molecule has 0 aromatic rings. The first-order valence-corrected chi connectivity index (χ1v) is 17.2. The summed E-state index contributed by atoms with van der Waals surface area (Å²) in [6, 6.07) is 0. The van der Waals surface area contributed by atoms with Crippen LogP contribution in [-0.2, 0) is 19.1 Å². The van der Waals surface area contributed by atoms with Crippen molar-refractivity contribution in [3.63, 3.8) is 0 Å². The molecule has 0 atom stereocenters. The van der Waals surface area contributed by atoms with Crippen LogP contribution < -0.4 is 5.32 Å². The Morgan fingerprint density at radius 2 is 0.692 bits per heavy atom. The Labute approximate surface area is 243 Å². The van der Waals surface area contributed by atoms with Gasteiger partial charge in [0.2, 0.25) is 0 Å². The Bertz CT molecular complexity index is 465. The van der Waals surface area contributed by atoms with Crippen LogP contribution in [0.5, 0.6) is 0 Å². The highest BCUT2D eigenvalue weighted by Crippen LogP contribution is 2.18. The van der Waals surface area contributed by atoms with Gasteiger partial charge in [-0.15, -0.1) is 0 Å². The zero-order chi connectivity index (χ0) is 28.8. The van der Waals surface area contributed by atoms with E-state index >= 15 is 0 Å². The van der Waals surface area contributed by atoms with E-state index in [0.29, 0.717) is 0 Å². The van der Waals surface area contributed by atoms with Gasteiger partial charge < -0.3 is 9.47 Å². The monoisotopic (exact) mass is 554 g/mol. The smallest absolute Gasteiger partial charge is 0.320 e. The predicted molar refractivity (Wildman–Crippen MR) is 166 cm³/mol. The third-order valence-electron chi connectivity index (χ3n) is 7.65. The Hall–Kier alpha value is -1.10. The highest BCUT2D eigenvalue weighted by atomic mass is 16.5. The molecule has 0 rings (SSSR count). The molecule has 0 aliphatic heterocycles. The van der Waals surface area contributed by atoms with E-state index in [-0.39, 0.29) is 37.2 Å². The van der Waals surface area contributed by atoms with Crippen molar-refractivity contribution in [2.75, 3.05) is 13.1 Å². The molecule has 0 aliphatic carbocycles. The van der Waals surface area contributed by atoms with Gasteiger partial charge in [-0.3, -0.25) is 14.9 Å². The van der Waals surface area contributed by atoms with Crippen molar-refractivity contribution in [2.45, 2.75) is 194 Å². The van der Waals surface area contributed by atoms with Crippen LogP contribution in [0.3, 0.4) is 0 Å². The molecule has 0 saturated carbocycles. The van der Waals surface area contributed by atoms with Gasteiger partial charge in [-0.1, -0.05) is 130 Å². The molecule has 1 N–H and O–H groups in total. The maximum absolute atomic E-state index is 12.5. The number of carbonyl (C=O) groups is 2. The van der Waals surface area contributed by atoms with Crippen molar-refractivity contribution in [1.82, 2.24) is 5.32 Å². The summed E-state index contributed by atoms with van der Waals surface area (Å²) in [7, 11) is 0. The predicted octanol–water partition coefficient (Wildman–Crippen LogP) is 9.84. The normalized spacial score (nSPS) is 11.4. The van der Waals surface area contributed by atoms with Gasteiger partial charge in [0.05, 0.1) is 13.1 Å². The van der Waals surface area contributed by atoms with Crippen molar-refractivity contribution in [3.8, 4) is 0 Å². The van der Waals surface area contributed by atoms with Crippen molar-refractivity contribution in [1.29, 1.82) is 0 Å². The standard InChI is InChI=1S/C34H67NO4/c1-5-9-13-17-21-25-31(26-22-18-14-10-6-2)38-33(36)29-35-30-34(37)39-32(27-23-19-15-11-7-3)28-24-20-16-12-8-4/h31-32,35H,5-30H2,1-4H3. The lowest BCUT2D eigenvalue weighted by molar-refractivity contribution is -0.150. The zero-order valence-electron chi connectivity index (χ0n) is 26.7. The average molecular weight is 554 g/mol. The van der Waals surface area contributed by atoms with E-state index in [0.717, 1.165) is 51.4 Å². The van der Waals surface area contributed by atoms with Crippen LogP contribution in [0.4, 0.5) is 0 Å². The van der Waals surface area contributed by atoms with Crippen LogP contribution in [0.1, 0.15) is 182 Å². The molecule has 232 valence electrons. The van der Waals surface area contributed by atoms with Gasteiger partial charge in [0, 0.05) is 0 Å². The number of nitrogens with one attached hydrogen (secondary N) is 1. The molecular weight excluding hydrogens is 486 g/mol. The van der Waals surface area contributed by atoms with E-state index in [9.17, 15) is 9.59 Å². The van der Waals surface area contributed by atoms with E-state index in [1.54, 1.807) is 0 Å². The van der Waals surface area contributed by atoms with Crippen molar-refractivity contribution < 1.29 is 19.1 Å². The van der Waals surface area contributed by atoms with E-state index in [1.165, 1.54) is 103 Å². The zero-order valence-corrected chi connectivity index (χ0v) is 26.7. The van der Waals surface area contributed by atoms with Gasteiger partial charge in [0.1, 0.15) is 12.2 Å². The van der Waals surface area contributed by atoms with E-state index in [1.807, 2.05) is 0 Å². The fourth-order valence-electron chi connectivity index (χ4n) is 5.15. The van der Waals surface area contributed by atoms with E-state index in [4.69, 9.17) is 9.47 Å². The van der Waals surface area contributed by atoms with Gasteiger partial charge in [0.15, 0.2) is 0 Å². The minimum atomic E-state index is -0.252. The quantitative estimate of drug-likeness (QED) is 0.0708. The summed E-state index contributed by atoms with van der Waals surface area (Å²) in [5.41, 5.74) is 0. The first-order chi connectivity index (χ1) is 19.1. The largest absolute Gasteiger partial charge is 0.461 e. The summed E-state index contributed by atoms with van der Waals surface area (Å²) in [6.45, 7) is 9.05. The summed E-state index contributed by atoms with van der Waals surface area (Å²) >= 11 is 0. The third-order valence-corrected chi connectivity index (χ3v) is 7.65. The summed E-state index contributed by atoms with van der Waals surface area (Å²) in [5.74, 6) is -0.503. The fraction of sp³-hybridized carbons (Fsp3) is 0.941. The molecule has 0 aliphatic rings.